The van der Waals surface area contributed by atoms with E-state index in [1.807, 2.05) is 18.2 Å². The molecule has 9 heteroatoms. The average molecular weight is 474 g/mol. The number of piperidine rings is 1. The number of ether oxygens (including phenoxy) is 1. The van der Waals surface area contributed by atoms with Crippen LogP contribution in [0.1, 0.15) is 48.9 Å². The van der Waals surface area contributed by atoms with Crippen LogP contribution in [0.3, 0.4) is 0 Å². The minimum Gasteiger partial charge on any atom is -0.460 e. The molecule has 0 aliphatic carbocycles. The number of nitrogens with one attached hydrogen (secondary N) is 1. The molecule has 6 nitrogen and oxygen atoms in total. The van der Waals surface area contributed by atoms with Crippen molar-refractivity contribution < 1.29 is 17.5 Å². The number of halogens is 1. The third-order valence-electron chi connectivity index (χ3n) is 6.10. The summed E-state index contributed by atoms with van der Waals surface area (Å²) in [7, 11) is -3.85. The summed E-state index contributed by atoms with van der Waals surface area (Å²) in [5, 5.41) is 1.97. The number of fused-ring (bicyclic) bond motifs is 1. The molecule has 1 saturated heterocycles. The lowest BCUT2D eigenvalue weighted by Crippen LogP contribution is -2.40. The summed E-state index contributed by atoms with van der Waals surface area (Å²) in [5.74, 6) is 0.285. The van der Waals surface area contributed by atoms with Crippen molar-refractivity contribution >= 4 is 26.5 Å². The molecular formula is C23H24FN3O3S2. The second-order valence-corrected chi connectivity index (χ2v) is 10.7. The number of alkyl halides is 1. The maximum absolute atomic E-state index is 14.7. The normalized spacial score (nSPS) is 23.8. The first-order valence-electron chi connectivity index (χ1n) is 10.7. The fourth-order valence-electron chi connectivity index (χ4n) is 4.67. The summed E-state index contributed by atoms with van der Waals surface area (Å²) in [4.78, 5) is 6.35. The van der Waals surface area contributed by atoms with Crippen LogP contribution in [-0.4, -0.2) is 31.2 Å². The summed E-state index contributed by atoms with van der Waals surface area (Å²) in [6, 6.07) is 15.1. The number of rotatable bonds is 5. The molecular weight excluding hydrogens is 449 g/mol. The second kappa shape index (κ2) is 8.80. The van der Waals surface area contributed by atoms with Gasteiger partial charge >= 0.3 is 0 Å². The number of aromatic nitrogens is 1. The molecule has 2 aliphatic heterocycles. The summed E-state index contributed by atoms with van der Waals surface area (Å²) in [6.07, 6.45) is 3.45. The quantitative estimate of drug-likeness (QED) is 0.545. The molecule has 0 spiro atoms. The lowest BCUT2D eigenvalue weighted by molar-refractivity contribution is -0.0137. The van der Waals surface area contributed by atoms with E-state index in [-0.39, 0.29) is 34.3 Å². The molecule has 5 rings (SSSR count). The van der Waals surface area contributed by atoms with Gasteiger partial charge in [0.05, 0.1) is 4.90 Å². The first-order chi connectivity index (χ1) is 15.5. The van der Waals surface area contributed by atoms with Crippen molar-refractivity contribution in [3.63, 3.8) is 0 Å². The van der Waals surface area contributed by atoms with Crippen molar-refractivity contribution in [3.05, 3.63) is 71.2 Å². The van der Waals surface area contributed by atoms with Crippen LogP contribution in [0.5, 0.6) is 5.75 Å². The fourth-order valence-corrected chi connectivity index (χ4v) is 6.47. The predicted molar refractivity (Wildman–Crippen MR) is 122 cm³/mol. The molecule has 1 aromatic heterocycles. The molecule has 1 unspecified atom stereocenters. The predicted octanol–water partition coefficient (Wildman–Crippen LogP) is 5.29. The van der Waals surface area contributed by atoms with Crippen LogP contribution in [0.2, 0.25) is 0 Å². The first-order valence-corrected chi connectivity index (χ1v) is 13.1. The monoisotopic (exact) mass is 473 g/mol. The molecule has 0 saturated carbocycles. The van der Waals surface area contributed by atoms with Crippen LogP contribution in [0.25, 0.3) is 0 Å². The molecule has 3 heterocycles. The Morgan fingerprint density at radius 1 is 1.12 bits per heavy atom. The zero-order valence-electron chi connectivity index (χ0n) is 17.4. The molecule has 1 fully saturated rings. The summed E-state index contributed by atoms with van der Waals surface area (Å²) in [5.41, 5.74) is 2.05. The zero-order valence-corrected chi connectivity index (χ0v) is 19.0. The molecule has 168 valence electrons. The highest BCUT2D eigenvalue weighted by molar-refractivity contribution is 7.93. The van der Waals surface area contributed by atoms with Gasteiger partial charge in [0.15, 0.2) is 5.13 Å². The number of nitrogens with zero attached hydrogens (tertiary/aromatic N) is 2. The van der Waals surface area contributed by atoms with Gasteiger partial charge in [0.2, 0.25) is 6.36 Å². The van der Waals surface area contributed by atoms with Gasteiger partial charge in [0.1, 0.15) is 5.75 Å². The summed E-state index contributed by atoms with van der Waals surface area (Å²) in [6.45, 7) is 0.863. The van der Waals surface area contributed by atoms with E-state index >= 15 is 0 Å². The van der Waals surface area contributed by atoms with Gasteiger partial charge in [-0.15, -0.1) is 11.3 Å². The van der Waals surface area contributed by atoms with Crippen molar-refractivity contribution in [2.45, 2.75) is 49.0 Å². The molecule has 0 bridgehead atoms. The van der Waals surface area contributed by atoms with E-state index in [9.17, 15) is 12.8 Å². The molecule has 32 heavy (non-hydrogen) atoms. The van der Waals surface area contributed by atoms with Crippen molar-refractivity contribution in [1.82, 2.24) is 9.88 Å². The maximum atomic E-state index is 14.7. The zero-order chi connectivity index (χ0) is 22.1. The lowest BCUT2D eigenvalue weighted by Gasteiger charge is -2.44. The van der Waals surface area contributed by atoms with Gasteiger partial charge in [0, 0.05) is 41.7 Å². The number of hydrogen-bond acceptors (Lipinski definition) is 6. The number of thiazole rings is 1. The van der Waals surface area contributed by atoms with Crippen LogP contribution >= 0.6 is 11.3 Å². The fraction of sp³-hybridized carbons (Fsp3) is 0.348. The number of sulfonamides is 1. The summed E-state index contributed by atoms with van der Waals surface area (Å²) < 4.78 is 48.2. The Hall–Kier alpha value is -2.49. The van der Waals surface area contributed by atoms with Crippen molar-refractivity contribution in [1.29, 1.82) is 0 Å². The molecule has 3 aromatic rings. The Morgan fingerprint density at radius 3 is 2.75 bits per heavy atom. The first kappa shape index (κ1) is 21.4. The minimum atomic E-state index is -3.85. The molecule has 0 radical (unpaired) electrons. The van der Waals surface area contributed by atoms with E-state index in [1.165, 1.54) is 29.2 Å². The van der Waals surface area contributed by atoms with Crippen LogP contribution in [-0.2, 0) is 10.0 Å². The van der Waals surface area contributed by atoms with Crippen molar-refractivity contribution in [2.75, 3.05) is 11.3 Å². The van der Waals surface area contributed by atoms with E-state index < -0.39 is 16.4 Å². The van der Waals surface area contributed by atoms with E-state index in [0.717, 1.165) is 31.4 Å². The van der Waals surface area contributed by atoms with Gasteiger partial charge in [-0.05, 0) is 31.0 Å². The van der Waals surface area contributed by atoms with E-state index in [1.54, 1.807) is 17.5 Å². The van der Waals surface area contributed by atoms with E-state index in [2.05, 4.69) is 26.7 Å². The number of benzene rings is 2. The summed E-state index contributed by atoms with van der Waals surface area (Å²) >= 11 is 1.19. The minimum absolute atomic E-state index is 0.0255. The van der Waals surface area contributed by atoms with Gasteiger partial charge in [-0.1, -0.05) is 42.8 Å². The third-order valence-corrected chi connectivity index (χ3v) is 8.25. The molecule has 1 N–H and O–H groups in total. The van der Waals surface area contributed by atoms with Crippen LogP contribution < -0.4 is 9.46 Å². The highest BCUT2D eigenvalue weighted by Gasteiger charge is 2.37. The van der Waals surface area contributed by atoms with Gasteiger partial charge in [-0.25, -0.2) is 17.8 Å². The molecule has 2 aliphatic rings. The van der Waals surface area contributed by atoms with E-state index in [0.29, 0.717) is 0 Å². The highest BCUT2D eigenvalue weighted by atomic mass is 32.2. The van der Waals surface area contributed by atoms with Crippen LogP contribution in [0.15, 0.2) is 65.0 Å². The van der Waals surface area contributed by atoms with Crippen LogP contribution in [0, 0.1) is 0 Å². The number of hydrogen-bond donors (Lipinski definition) is 1. The van der Waals surface area contributed by atoms with E-state index in [4.69, 9.17) is 4.74 Å². The standard InChI is InChI=1S/C23H24FN3O3S2/c24-22-15-20(27-12-5-4-8-19(27)16-6-2-1-3-7-16)18-10-9-17(14-21(18)30-22)32(28,29)26-23-25-11-13-31-23/h1-3,6-7,9-11,13-14,19-20,22H,4-5,8,12,15H2,(H,25,26)/t19-,20?,22+/m0/s1. The van der Waals surface area contributed by atoms with Crippen molar-refractivity contribution in [3.8, 4) is 5.75 Å². The van der Waals surface area contributed by atoms with Crippen molar-refractivity contribution in [2.24, 2.45) is 0 Å². The maximum Gasteiger partial charge on any atom is 0.263 e. The third kappa shape index (κ3) is 4.24. The molecule has 3 atom stereocenters. The Labute approximate surface area is 191 Å². The Bertz CT molecular complexity index is 1170. The largest absolute Gasteiger partial charge is 0.460 e. The van der Waals surface area contributed by atoms with Gasteiger partial charge < -0.3 is 4.74 Å². The smallest absolute Gasteiger partial charge is 0.263 e. The average Bonchev–Trinajstić information content (AvgIpc) is 3.31. The Morgan fingerprint density at radius 2 is 1.97 bits per heavy atom. The Balaban J connectivity index is 1.48. The molecule has 2 aromatic carbocycles. The van der Waals surface area contributed by atoms with Gasteiger partial charge in [-0.2, -0.15) is 0 Å². The van der Waals surface area contributed by atoms with Gasteiger partial charge in [0.25, 0.3) is 10.0 Å². The SMILES string of the molecule is O=S(=O)(Nc1nccs1)c1ccc2c(c1)O[C@@H](F)CC2N1CCCC[C@H]1c1ccccc1. The lowest BCUT2D eigenvalue weighted by atomic mass is 9.89. The second-order valence-electron chi connectivity index (χ2n) is 8.08. The van der Waals surface area contributed by atoms with Gasteiger partial charge in [-0.3, -0.25) is 9.62 Å². The topological polar surface area (TPSA) is 71.5 Å². The number of likely N-dealkylation sites (tertiary alicyclic amines) is 1. The molecule has 0 amide bonds. The Kier molecular flexibility index (Phi) is 5.88. The van der Waals surface area contributed by atoms with Crippen LogP contribution in [0.4, 0.5) is 9.52 Å². The highest BCUT2D eigenvalue weighted by Crippen LogP contribution is 2.45. The number of anilines is 1.